The molecule has 7 nitrogen and oxygen atoms in total. The number of anilines is 1. The fraction of sp³-hybridized carbons (Fsp3) is 0.200. The molecule has 0 aliphatic carbocycles. The van der Waals surface area contributed by atoms with Crippen LogP contribution in [-0.2, 0) is 16.1 Å². The van der Waals surface area contributed by atoms with E-state index in [1.54, 1.807) is 24.3 Å². The molecule has 0 spiro atoms. The monoisotopic (exact) mass is 378 g/mol. The molecule has 1 N–H and O–H groups in total. The van der Waals surface area contributed by atoms with Crippen molar-refractivity contribution in [2.75, 3.05) is 18.9 Å². The van der Waals surface area contributed by atoms with Crippen molar-refractivity contribution in [3.8, 4) is 0 Å². The van der Waals surface area contributed by atoms with E-state index in [2.05, 4.69) is 26.2 Å². The summed E-state index contributed by atoms with van der Waals surface area (Å²) in [6.07, 6.45) is 2.83. The Labute approximate surface area is 141 Å². The van der Waals surface area contributed by atoms with Crippen LogP contribution in [0.2, 0.25) is 0 Å². The number of benzene rings is 1. The number of halogens is 1. The minimum atomic E-state index is -0.507. The molecule has 0 saturated heterocycles. The van der Waals surface area contributed by atoms with Crippen LogP contribution in [0.15, 0.2) is 52.0 Å². The van der Waals surface area contributed by atoms with Gasteiger partial charge in [0.15, 0.2) is 0 Å². The van der Waals surface area contributed by atoms with Crippen molar-refractivity contribution < 1.29 is 9.59 Å². The average Bonchev–Trinajstić information content (AvgIpc) is 2.51. The van der Waals surface area contributed by atoms with E-state index in [-0.39, 0.29) is 24.9 Å². The van der Waals surface area contributed by atoms with E-state index in [0.717, 1.165) is 4.47 Å². The number of nitrogens with one attached hydrogen (secondary N) is 1. The van der Waals surface area contributed by atoms with E-state index in [9.17, 15) is 14.4 Å². The summed E-state index contributed by atoms with van der Waals surface area (Å²) >= 11 is 3.33. The smallest absolute Gasteiger partial charge is 0.335 e. The number of carbonyl (C=O) groups excluding carboxylic acids is 2. The lowest BCUT2D eigenvalue weighted by atomic mass is 10.3. The maximum atomic E-state index is 12.1. The molecule has 0 aliphatic rings. The average molecular weight is 379 g/mol. The summed E-state index contributed by atoms with van der Waals surface area (Å²) in [6, 6.07) is 8.75. The van der Waals surface area contributed by atoms with Crippen molar-refractivity contribution >= 4 is 33.4 Å². The van der Waals surface area contributed by atoms with Crippen molar-refractivity contribution in [1.82, 2.24) is 14.5 Å². The molecular weight excluding hydrogens is 364 g/mol. The largest absolute Gasteiger partial charge is 0.347 e. The van der Waals surface area contributed by atoms with Gasteiger partial charge in [-0.15, -0.1) is 0 Å². The Morgan fingerprint density at radius 1 is 1.30 bits per heavy atom. The van der Waals surface area contributed by atoms with Gasteiger partial charge in [0.1, 0.15) is 6.54 Å². The molecule has 0 radical (unpaired) electrons. The quantitative estimate of drug-likeness (QED) is 0.844. The lowest BCUT2D eigenvalue weighted by Crippen LogP contribution is -2.38. The van der Waals surface area contributed by atoms with Gasteiger partial charge < -0.3 is 10.2 Å². The number of rotatable bonds is 5. The molecule has 0 fully saturated rings. The summed E-state index contributed by atoms with van der Waals surface area (Å²) in [6.45, 7) is -0.277. The number of hydrogen-bond acceptors (Lipinski definition) is 4. The Kier molecular flexibility index (Phi) is 5.64. The first kappa shape index (κ1) is 16.9. The highest BCUT2D eigenvalue weighted by Gasteiger charge is 2.14. The lowest BCUT2D eigenvalue weighted by Gasteiger charge is -2.17. The van der Waals surface area contributed by atoms with E-state index in [0.29, 0.717) is 5.69 Å². The van der Waals surface area contributed by atoms with Crippen LogP contribution < -0.4 is 11.0 Å². The molecule has 2 amide bonds. The van der Waals surface area contributed by atoms with Crippen LogP contribution in [0.3, 0.4) is 0 Å². The van der Waals surface area contributed by atoms with Crippen molar-refractivity contribution in [3.63, 3.8) is 0 Å². The van der Waals surface area contributed by atoms with Crippen molar-refractivity contribution in [1.29, 1.82) is 0 Å². The molecule has 2 rings (SSSR count). The third kappa shape index (κ3) is 4.75. The maximum Gasteiger partial charge on any atom is 0.347 e. The van der Waals surface area contributed by atoms with Crippen LogP contribution >= 0.6 is 15.9 Å². The van der Waals surface area contributed by atoms with Gasteiger partial charge in [-0.25, -0.2) is 9.78 Å². The van der Waals surface area contributed by atoms with E-state index in [4.69, 9.17) is 0 Å². The normalized spacial score (nSPS) is 10.2. The van der Waals surface area contributed by atoms with Gasteiger partial charge in [0, 0.05) is 23.9 Å². The maximum absolute atomic E-state index is 12.1. The number of likely N-dealkylation sites (N-methyl/N-ethyl adjacent to an activating group) is 1. The molecule has 0 unspecified atom stereocenters. The molecule has 1 aromatic heterocycles. The van der Waals surface area contributed by atoms with Gasteiger partial charge in [0.05, 0.1) is 12.2 Å². The van der Waals surface area contributed by atoms with Crippen molar-refractivity contribution in [3.05, 3.63) is 57.7 Å². The van der Waals surface area contributed by atoms with Crippen LogP contribution in [-0.4, -0.2) is 39.9 Å². The Hall–Kier alpha value is -2.48. The predicted molar refractivity (Wildman–Crippen MR) is 88.9 cm³/mol. The number of para-hydroxylation sites is 1. The number of aromatic nitrogens is 2. The Bertz CT molecular complexity index is 775. The Balaban J connectivity index is 1.93. The van der Waals surface area contributed by atoms with Gasteiger partial charge in [-0.1, -0.05) is 12.1 Å². The number of amides is 2. The van der Waals surface area contributed by atoms with E-state index < -0.39 is 5.69 Å². The summed E-state index contributed by atoms with van der Waals surface area (Å²) < 4.78 is 1.94. The third-order valence-electron chi connectivity index (χ3n) is 3.04. The van der Waals surface area contributed by atoms with E-state index in [1.165, 1.54) is 28.9 Å². The highest BCUT2D eigenvalue weighted by molar-refractivity contribution is 9.10. The fourth-order valence-electron chi connectivity index (χ4n) is 1.83. The zero-order valence-electron chi connectivity index (χ0n) is 12.4. The molecule has 2 aromatic rings. The molecule has 23 heavy (non-hydrogen) atoms. The van der Waals surface area contributed by atoms with Crippen LogP contribution in [0.4, 0.5) is 5.69 Å². The van der Waals surface area contributed by atoms with Crippen LogP contribution in [0.25, 0.3) is 0 Å². The fourth-order valence-corrected chi connectivity index (χ4v) is 2.21. The Morgan fingerprint density at radius 3 is 2.74 bits per heavy atom. The zero-order valence-corrected chi connectivity index (χ0v) is 14.0. The molecule has 120 valence electrons. The van der Waals surface area contributed by atoms with Crippen molar-refractivity contribution in [2.45, 2.75) is 6.54 Å². The predicted octanol–water partition coefficient (Wildman–Crippen LogP) is 1.10. The minimum absolute atomic E-state index is 0.116. The first-order valence-electron chi connectivity index (χ1n) is 6.77. The molecule has 1 heterocycles. The molecule has 0 bridgehead atoms. The summed E-state index contributed by atoms with van der Waals surface area (Å²) in [5, 5.41) is 2.71. The lowest BCUT2D eigenvalue weighted by molar-refractivity contribution is -0.133. The molecule has 0 saturated carbocycles. The van der Waals surface area contributed by atoms with Crippen molar-refractivity contribution in [2.24, 2.45) is 0 Å². The molecule has 1 aromatic carbocycles. The first-order chi connectivity index (χ1) is 11.0. The van der Waals surface area contributed by atoms with E-state index in [1.807, 2.05) is 6.07 Å². The molecule has 0 atom stereocenters. The second-order valence-electron chi connectivity index (χ2n) is 4.81. The summed E-state index contributed by atoms with van der Waals surface area (Å²) in [5.41, 5.74) is 0.119. The SMILES string of the molecule is CN(CC(=O)Nc1ccccc1Br)C(=O)Cn1cccnc1=O. The highest BCUT2D eigenvalue weighted by Crippen LogP contribution is 2.20. The van der Waals surface area contributed by atoms with E-state index >= 15 is 0 Å². The summed E-state index contributed by atoms with van der Waals surface area (Å²) in [5.74, 6) is -0.686. The number of nitrogens with zero attached hydrogens (tertiary/aromatic N) is 3. The number of carbonyl (C=O) groups is 2. The van der Waals surface area contributed by atoms with Gasteiger partial charge in [0.25, 0.3) is 0 Å². The van der Waals surface area contributed by atoms with Gasteiger partial charge in [-0.2, -0.15) is 0 Å². The molecule has 8 heteroatoms. The summed E-state index contributed by atoms with van der Waals surface area (Å²) in [4.78, 5) is 40.4. The van der Waals surface area contributed by atoms with Gasteiger partial charge >= 0.3 is 5.69 Å². The first-order valence-corrected chi connectivity index (χ1v) is 7.56. The van der Waals surface area contributed by atoms with Crippen LogP contribution in [0.5, 0.6) is 0 Å². The zero-order chi connectivity index (χ0) is 16.8. The van der Waals surface area contributed by atoms with Crippen LogP contribution in [0, 0.1) is 0 Å². The minimum Gasteiger partial charge on any atom is -0.335 e. The summed E-state index contributed by atoms with van der Waals surface area (Å²) in [7, 11) is 1.50. The highest BCUT2D eigenvalue weighted by atomic mass is 79.9. The van der Waals surface area contributed by atoms with Gasteiger partial charge in [0.2, 0.25) is 11.8 Å². The van der Waals surface area contributed by atoms with Gasteiger partial charge in [-0.3, -0.25) is 14.2 Å². The molecular formula is C15H15BrN4O3. The third-order valence-corrected chi connectivity index (χ3v) is 3.73. The second-order valence-corrected chi connectivity index (χ2v) is 5.66. The Morgan fingerprint density at radius 2 is 2.04 bits per heavy atom. The standard InChI is InChI=1S/C15H15BrN4O3/c1-19(14(22)10-20-8-4-7-17-15(20)23)9-13(21)18-12-6-3-2-5-11(12)16/h2-8H,9-10H2,1H3,(H,18,21). The number of hydrogen-bond donors (Lipinski definition) is 1. The molecule has 0 aliphatic heterocycles. The topological polar surface area (TPSA) is 84.3 Å². The van der Waals surface area contributed by atoms with Gasteiger partial charge in [-0.05, 0) is 34.1 Å². The van der Waals surface area contributed by atoms with Crippen LogP contribution in [0.1, 0.15) is 0 Å². The second kappa shape index (κ2) is 7.68.